The van der Waals surface area contributed by atoms with Crippen LogP contribution in [0.15, 0.2) is 36.7 Å². The Morgan fingerprint density at radius 1 is 1.25 bits per heavy atom. The van der Waals surface area contributed by atoms with Gasteiger partial charge in [0.2, 0.25) is 0 Å². The van der Waals surface area contributed by atoms with Crippen molar-refractivity contribution >= 4 is 34.9 Å². The molecule has 0 spiro atoms. The minimum atomic E-state index is -0.178. The van der Waals surface area contributed by atoms with Gasteiger partial charge in [-0.2, -0.15) is 0 Å². The molecule has 1 fully saturated rings. The second-order valence-corrected chi connectivity index (χ2v) is 6.33. The van der Waals surface area contributed by atoms with Gasteiger partial charge in [0.15, 0.2) is 0 Å². The van der Waals surface area contributed by atoms with Gasteiger partial charge in [-0.3, -0.25) is 0 Å². The molecule has 2 amide bonds. The molecule has 1 aromatic heterocycles. The summed E-state index contributed by atoms with van der Waals surface area (Å²) in [5.41, 5.74) is 0.663. The van der Waals surface area contributed by atoms with Crippen molar-refractivity contribution in [1.29, 1.82) is 0 Å². The molecule has 0 aliphatic carbocycles. The van der Waals surface area contributed by atoms with Gasteiger partial charge in [-0.15, -0.1) is 0 Å². The van der Waals surface area contributed by atoms with Gasteiger partial charge < -0.3 is 15.0 Å². The molecule has 1 aliphatic rings. The number of carbonyl (C=O) groups excluding carboxylic acids is 1. The quantitative estimate of drug-likeness (QED) is 0.895. The number of carbonyl (C=O) groups is 1. The highest BCUT2D eigenvalue weighted by Gasteiger charge is 2.25. The Morgan fingerprint density at radius 2 is 2.04 bits per heavy atom. The van der Waals surface area contributed by atoms with E-state index in [1.165, 1.54) is 12.4 Å². The van der Waals surface area contributed by atoms with Crippen molar-refractivity contribution in [2.75, 3.05) is 18.4 Å². The van der Waals surface area contributed by atoms with Crippen molar-refractivity contribution < 1.29 is 9.53 Å². The number of nitrogens with one attached hydrogen (secondary N) is 1. The van der Waals surface area contributed by atoms with E-state index in [1.807, 2.05) is 0 Å². The maximum Gasteiger partial charge on any atom is 0.321 e. The first-order chi connectivity index (χ1) is 11.6. The normalized spacial score (nSPS) is 17.4. The molecule has 1 aromatic carbocycles. The fraction of sp³-hybridized carbons (Fsp3) is 0.312. The molecular formula is C16H16Cl2N4O2. The third kappa shape index (κ3) is 4.49. The summed E-state index contributed by atoms with van der Waals surface area (Å²) in [5, 5.41) is 3.87. The number of likely N-dealkylation sites (tertiary alicyclic amines) is 1. The smallest absolute Gasteiger partial charge is 0.321 e. The zero-order valence-corrected chi connectivity index (χ0v) is 14.3. The highest BCUT2D eigenvalue weighted by atomic mass is 35.5. The number of benzene rings is 1. The lowest BCUT2D eigenvalue weighted by atomic mass is 10.1. The third-order valence-electron chi connectivity index (χ3n) is 3.61. The molecule has 2 aromatic rings. The molecule has 0 saturated carbocycles. The van der Waals surface area contributed by atoms with Gasteiger partial charge in [0.25, 0.3) is 0 Å². The Hall–Kier alpha value is -2.05. The summed E-state index contributed by atoms with van der Waals surface area (Å²) < 4.78 is 5.74. The molecule has 8 heteroatoms. The fourth-order valence-corrected chi connectivity index (χ4v) is 2.79. The first-order valence-corrected chi connectivity index (χ1v) is 8.31. The SMILES string of the molecule is O=C(Nc1cccc(Cl)c1)N1CCC[C@H](Oc2ncc(Cl)cn2)C1. The fourth-order valence-electron chi connectivity index (χ4n) is 2.50. The molecule has 2 heterocycles. The predicted octanol–water partition coefficient (Wildman–Crippen LogP) is 3.86. The van der Waals surface area contributed by atoms with Crippen LogP contribution < -0.4 is 10.1 Å². The Balaban J connectivity index is 1.58. The number of aromatic nitrogens is 2. The molecule has 1 N–H and O–H groups in total. The van der Waals surface area contributed by atoms with E-state index in [1.54, 1.807) is 29.2 Å². The van der Waals surface area contributed by atoms with Gasteiger partial charge in [-0.25, -0.2) is 14.8 Å². The van der Waals surface area contributed by atoms with Crippen LogP contribution in [-0.4, -0.2) is 40.1 Å². The monoisotopic (exact) mass is 366 g/mol. The van der Waals surface area contributed by atoms with E-state index in [-0.39, 0.29) is 18.1 Å². The van der Waals surface area contributed by atoms with Crippen LogP contribution in [0.2, 0.25) is 10.0 Å². The average Bonchev–Trinajstić information content (AvgIpc) is 2.57. The number of rotatable bonds is 3. The number of piperidine rings is 1. The number of urea groups is 1. The highest BCUT2D eigenvalue weighted by molar-refractivity contribution is 6.31. The van der Waals surface area contributed by atoms with Gasteiger partial charge in [0.1, 0.15) is 6.10 Å². The van der Waals surface area contributed by atoms with Crippen LogP contribution in [0.3, 0.4) is 0 Å². The third-order valence-corrected chi connectivity index (χ3v) is 4.04. The van der Waals surface area contributed by atoms with Crippen molar-refractivity contribution in [1.82, 2.24) is 14.9 Å². The van der Waals surface area contributed by atoms with Crippen LogP contribution in [0.1, 0.15) is 12.8 Å². The molecule has 3 rings (SSSR count). The van der Waals surface area contributed by atoms with Crippen molar-refractivity contribution in [3.63, 3.8) is 0 Å². The molecule has 0 bridgehead atoms. The van der Waals surface area contributed by atoms with E-state index in [9.17, 15) is 4.79 Å². The van der Waals surface area contributed by atoms with Crippen LogP contribution in [0, 0.1) is 0 Å². The van der Waals surface area contributed by atoms with Gasteiger partial charge in [-0.1, -0.05) is 29.3 Å². The lowest BCUT2D eigenvalue weighted by Crippen LogP contribution is -2.46. The molecule has 1 aliphatic heterocycles. The van der Waals surface area contributed by atoms with Crippen LogP contribution >= 0.6 is 23.2 Å². The average molecular weight is 367 g/mol. The van der Waals surface area contributed by atoms with E-state index in [2.05, 4.69) is 15.3 Å². The molecule has 126 valence electrons. The van der Waals surface area contributed by atoms with E-state index >= 15 is 0 Å². The van der Waals surface area contributed by atoms with Gasteiger partial charge in [0, 0.05) is 17.3 Å². The second-order valence-electron chi connectivity index (χ2n) is 5.45. The largest absolute Gasteiger partial charge is 0.458 e. The number of nitrogens with zero attached hydrogens (tertiary/aromatic N) is 3. The van der Waals surface area contributed by atoms with E-state index in [0.29, 0.717) is 28.8 Å². The second kappa shape index (κ2) is 7.68. The van der Waals surface area contributed by atoms with Crippen LogP contribution in [-0.2, 0) is 0 Å². The summed E-state index contributed by atoms with van der Waals surface area (Å²) in [5.74, 6) is 0. The number of amides is 2. The summed E-state index contributed by atoms with van der Waals surface area (Å²) in [4.78, 5) is 22.1. The van der Waals surface area contributed by atoms with E-state index in [4.69, 9.17) is 27.9 Å². The van der Waals surface area contributed by atoms with E-state index < -0.39 is 0 Å². The lowest BCUT2D eigenvalue weighted by Gasteiger charge is -2.32. The molecule has 0 unspecified atom stereocenters. The Morgan fingerprint density at radius 3 is 2.79 bits per heavy atom. The molecule has 0 radical (unpaired) electrons. The molecule has 1 saturated heterocycles. The highest BCUT2D eigenvalue weighted by Crippen LogP contribution is 2.19. The summed E-state index contributed by atoms with van der Waals surface area (Å²) in [6, 6.07) is 7.14. The number of ether oxygens (including phenoxy) is 1. The summed E-state index contributed by atoms with van der Waals surface area (Å²) in [6.45, 7) is 1.14. The minimum Gasteiger partial charge on any atom is -0.458 e. The molecular weight excluding hydrogens is 351 g/mol. The standard InChI is InChI=1S/C16H16Cl2N4O2/c17-11-3-1-4-13(7-11)21-16(23)22-6-2-5-14(10-22)24-15-19-8-12(18)9-20-15/h1,3-4,7-9,14H,2,5-6,10H2,(H,21,23)/t14-/m0/s1. The van der Waals surface area contributed by atoms with Gasteiger partial charge in [-0.05, 0) is 31.0 Å². The first-order valence-electron chi connectivity index (χ1n) is 7.56. The van der Waals surface area contributed by atoms with E-state index in [0.717, 1.165) is 12.8 Å². The van der Waals surface area contributed by atoms with Crippen molar-refractivity contribution in [2.24, 2.45) is 0 Å². The van der Waals surface area contributed by atoms with Crippen molar-refractivity contribution in [3.8, 4) is 6.01 Å². The summed E-state index contributed by atoms with van der Waals surface area (Å²) >= 11 is 11.7. The number of hydrogen-bond donors (Lipinski definition) is 1. The maximum atomic E-state index is 12.4. The topological polar surface area (TPSA) is 67.4 Å². The number of anilines is 1. The Bertz CT molecular complexity index is 711. The minimum absolute atomic E-state index is 0.148. The van der Waals surface area contributed by atoms with Crippen LogP contribution in [0.4, 0.5) is 10.5 Å². The Kier molecular flexibility index (Phi) is 5.37. The number of hydrogen-bond acceptors (Lipinski definition) is 4. The van der Waals surface area contributed by atoms with Crippen molar-refractivity contribution in [2.45, 2.75) is 18.9 Å². The van der Waals surface area contributed by atoms with Gasteiger partial charge in [0.05, 0.1) is 24.0 Å². The molecule has 24 heavy (non-hydrogen) atoms. The van der Waals surface area contributed by atoms with Crippen molar-refractivity contribution in [3.05, 3.63) is 46.7 Å². The van der Waals surface area contributed by atoms with Gasteiger partial charge >= 0.3 is 12.0 Å². The van der Waals surface area contributed by atoms with Crippen LogP contribution in [0.5, 0.6) is 6.01 Å². The Labute approximate surface area is 149 Å². The first kappa shape index (κ1) is 16.8. The maximum absolute atomic E-state index is 12.4. The van der Waals surface area contributed by atoms with Crippen LogP contribution in [0.25, 0.3) is 0 Å². The zero-order valence-electron chi connectivity index (χ0n) is 12.8. The predicted molar refractivity (Wildman–Crippen MR) is 92.7 cm³/mol. The summed E-state index contributed by atoms with van der Waals surface area (Å²) in [7, 11) is 0. The number of halogens is 2. The lowest BCUT2D eigenvalue weighted by molar-refractivity contribution is 0.0983. The summed E-state index contributed by atoms with van der Waals surface area (Å²) in [6.07, 6.45) is 4.51. The zero-order chi connectivity index (χ0) is 16.9. The molecule has 1 atom stereocenters. The molecule has 6 nitrogen and oxygen atoms in total.